The highest BCUT2D eigenvalue weighted by atomic mass is 35.5. The normalized spacial score (nSPS) is 15.5. The zero-order valence-electron chi connectivity index (χ0n) is 14.9. The van der Waals surface area contributed by atoms with Crippen molar-refractivity contribution >= 4 is 45.6 Å². The summed E-state index contributed by atoms with van der Waals surface area (Å²) in [5.74, 6) is -0.390. The SMILES string of the molecule is COc1ccc(-c2csc(NC(=O)C3CC(=O)Nc4ccccc43)n2)cc1Cl. The van der Waals surface area contributed by atoms with Crippen molar-refractivity contribution in [1.29, 1.82) is 0 Å². The van der Waals surface area contributed by atoms with E-state index in [1.54, 1.807) is 25.3 Å². The highest BCUT2D eigenvalue weighted by molar-refractivity contribution is 7.14. The third-order valence-corrected chi connectivity index (χ3v) is 5.55. The quantitative estimate of drug-likeness (QED) is 0.658. The summed E-state index contributed by atoms with van der Waals surface area (Å²) in [5, 5.41) is 8.43. The number of nitrogens with one attached hydrogen (secondary N) is 2. The maximum absolute atomic E-state index is 12.8. The predicted octanol–water partition coefficient (Wildman–Crippen LogP) is 4.54. The monoisotopic (exact) mass is 413 g/mol. The summed E-state index contributed by atoms with van der Waals surface area (Å²) in [5.41, 5.74) is 3.00. The van der Waals surface area contributed by atoms with Gasteiger partial charge in [0.2, 0.25) is 11.8 Å². The molecule has 1 unspecified atom stereocenters. The summed E-state index contributed by atoms with van der Waals surface area (Å²) in [6, 6.07) is 12.7. The summed E-state index contributed by atoms with van der Waals surface area (Å²) in [7, 11) is 1.56. The molecule has 1 aromatic heterocycles. The van der Waals surface area contributed by atoms with Crippen molar-refractivity contribution in [3.8, 4) is 17.0 Å². The van der Waals surface area contributed by atoms with Crippen LogP contribution in [0.3, 0.4) is 0 Å². The highest BCUT2D eigenvalue weighted by Crippen LogP contribution is 2.34. The van der Waals surface area contributed by atoms with Crippen LogP contribution in [0.2, 0.25) is 5.02 Å². The number of hydrogen-bond acceptors (Lipinski definition) is 5. The van der Waals surface area contributed by atoms with Crippen LogP contribution in [-0.2, 0) is 9.59 Å². The molecule has 0 spiro atoms. The second-order valence-electron chi connectivity index (χ2n) is 6.27. The summed E-state index contributed by atoms with van der Waals surface area (Å²) in [6.45, 7) is 0. The molecular weight excluding hydrogens is 398 g/mol. The first kappa shape index (κ1) is 18.5. The number of amides is 2. The minimum atomic E-state index is -0.548. The van der Waals surface area contributed by atoms with Crippen LogP contribution in [0.1, 0.15) is 17.9 Å². The highest BCUT2D eigenvalue weighted by Gasteiger charge is 2.30. The molecule has 1 atom stereocenters. The van der Waals surface area contributed by atoms with Gasteiger partial charge in [0.15, 0.2) is 5.13 Å². The van der Waals surface area contributed by atoms with Gasteiger partial charge in [-0.15, -0.1) is 11.3 Å². The third-order valence-electron chi connectivity index (χ3n) is 4.50. The minimum Gasteiger partial charge on any atom is -0.495 e. The van der Waals surface area contributed by atoms with Crippen LogP contribution in [0.5, 0.6) is 5.75 Å². The second kappa shape index (κ2) is 7.61. The Bertz CT molecular complexity index is 1070. The fraction of sp³-hybridized carbons (Fsp3) is 0.150. The lowest BCUT2D eigenvalue weighted by atomic mass is 9.90. The number of ether oxygens (including phenoxy) is 1. The van der Waals surface area contributed by atoms with Gasteiger partial charge in [-0.25, -0.2) is 4.98 Å². The fourth-order valence-corrected chi connectivity index (χ4v) is 4.11. The van der Waals surface area contributed by atoms with E-state index in [1.165, 1.54) is 11.3 Å². The Hall–Kier alpha value is -2.90. The number of nitrogens with zero attached hydrogens (tertiary/aromatic N) is 1. The van der Waals surface area contributed by atoms with E-state index in [2.05, 4.69) is 15.6 Å². The molecule has 2 N–H and O–H groups in total. The number of hydrogen-bond donors (Lipinski definition) is 2. The van der Waals surface area contributed by atoms with Gasteiger partial charge in [0, 0.05) is 23.1 Å². The lowest BCUT2D eigenvalue weighted by Gasteiger charge is -2.24. The number of methoxy groups -OCH3 is 1. The first-order valence-corrected chi connectivity index (χ1v) is 9.80. The summed E-state index contributed by atoms with van der Waals surface area (Å²) in [6.07, 6.45) is 0.106. The van der Waals surface area contributed by atoms with Crippen molar-refractivity contribution in [2.75, 3.05) is 17.7 Å². The summed E-state index contributed by atoms with van der Waals surface area (Å²) in [4.78, 5) is 29.2. The standard InChI is InChI=1S/C20H16ClN3O3S/c1-27-17-7-6-11(8-14(17)21)16-10-28-20(23-16)24-19(26)13-9-18(25)22-15-5-3-2-4-12(13)15/h2-8,10,13H,9H2,1H3,(H,22,25)(H,23,24,26). The molecule has 0 aliphatic carbocycles. The molecule has 142 valence electrons. The van der Waals surface area contributed by atoms with Crippen molar-refractivity contribution < 1.29 is 14.3 Å². The molecule has 2 amide bonds. The van der Waals surface area contributed by atoms with E-state index in [0.29, 0.717) is 27.3 Å². The van der Waals surface area contributed by atoms with Gasteiger partial charge in [-0.3, -0.25) is 9.59 Å². The van der Waals surface area contributed by atoms with Crippen molar-refractivity contribution in [2.45, 2.75) is 12.3 Å². The van der Waals surface area contributed by atoms with E-state index in [-0.39, 0.29) is 18.2 Å². The van der Waals surface area contributed by atoms with Gasteiger partial charge >= 0.3 is 0 Å². The number of fused-ring (bicyclic) bond motifs is 1. The van der Waals surface area contributed by atoms with Gasteiger partial charge in [-0.05, 0) is 29.8 Å². The zero-order valence-corrected chi connectivity index (χ0v) is 16.4. The summed E-state index contributed by atoms with van der Waals surface area (Å²) < 4.78 is 5.16. The van der Waals surface area contributed by atoms with Crippen LogP contribution in [0.4, 0.5) is 10.8 Å². The topological polar surface area (TPSA) is 80.3 Å². The third kappa shape index (κ3) is 3.58. The van der Waals surface area contributed by atoms with Crippen LogP contribution in [0, 0.1) is 0 Å². The molecule has 1 aliphatic rings. The van der Waals surface area contributed by atoms with E-state index in [4.69, 9.17) is 16.3 Å². The van der Waals surface area contributed by atoms with Crippen LogP contribution in [0.15, 0.2) is 47.8 Å². The first-order chi connectivity index (χ1) is 13.5. The van der Waals surface area contributed by atoms with Gasteiger partial charge in [-0.2, -0.15) is 0 Å². The minimum absolute atomic E-state index is 0.106. The number of thiazole rings is 1. The number of carbonyl (C=O) groups is 2. The zero-order chi connectivity index (χ0) is 19.7. The lowest BCUT2D eigenvalue weighted by Crippen LogP contribution is -2.30. The Balaban J connectivity index is 1.54. The average Bonchev–Trinajstić information content (AvgIpc) is 3.15. The number of rotatable bonds is 4. The van der Waals surface area contributed by atoms with Crippen LogP contribution in [-0.4, -0.2) is 23.9 Å². The van der Waals surface area contributed by atoms with Crippen molar-refractivity contribution in [3.63, 3.8) is 0 Å². The molecule has 2 heterocycles. The molecule has 6 nitrogen and oxygen atoms in total. The molecule has 3 aromatic rings. The Labute approximate surface area is 170 Å². The molecule has 2 aromatic carbocycles. The van der Waals surface area contributed by atoms with E-state index in [0.717, 1.165) is 11.1 Å². The smallest absolute Gasteiger partial charge is 0.234 e. The van der Waals surface area contributed by atoms with Crippen LogP contribution in [0.25, 0.3) is 11.3 Å². The van der Waals surface area contributed by atoms with Gasteiger partial charge in [-0.1, -0.05) is 29.8 Å². The number of anilines is 2. The van der Waals surface area contributed by atoms with Crippen LogP contribution < -0.4 is 15.4 Å². The molecule has 28 heavy (non-hydrogen) atoms. The van der Waals surface area contributed by atoms with E-state index >= 15 is 0 Å². The van der Waals surface area contributed by atoms with Crippen molar-refractivity contribution in [2.24, 2.45) is 0 Å². The molecule has 0 saturated heterocycles. The molecular formula is C20H16ClN3O3S. The van der Waals surface area contributed by atoms with Gasteiger partial charge in [0.25, 0.3) is 0 Å². The maximum Gasteiger partial charge on any atom is 0.234 e. The largest absolute Gasteiger partial charge is 0.495 e. The first-order valence-electron chi connectivity index (χ1n) is 8.54. The Morgan fingerprint density at radius 1 is 1.32 bits per heavy atom. The van der Waals surface area contributed by atoms with E-state index in [1.807, 2.05) is 29.6 Å². The number of aromatic nitrogens is 1. The maximum atomic E-state index is 12.8. The second-order valence-corrected chi connectivity index (χ2v) is 7.53. The predicted molar refractivity (Wildman–Crippen MR) is 110 cm³/mol. The van der Waals surface area contributed by atoms with Crippen LogP contribution >= 0.6 is 22.9 Å². The van der Waals surface area contributed by atoms with Gasteiger partial charge < -0.3 is 15.4 Å². The van der Waals surface area contributed by atoms with Gasteiger partial charge in [0.1, 0.15) is 5.75 Å². The lowest BCUT2D eigenvalue weighted by molar-refractivity contribution is -0.123. The van der Waals surface area contributed by atoms with Crippen molar-refractivity contribution in [3.05, 3.63) is 58.4 Å². The number of carbonyl (C=O) groups excluding carboxylic acids is 2. The molecule has 0 saturated carbocycles. The number of para-hydroxylation sites is 1. The molecule has 0 fully saturated rings. The van der Waals surface area contributed by atoms with Crippen molar-refractivity contribution in [1.82, 2.24) is 4.98 Å². The molecule has 0 bridgehead atoms. The van der Waals surface area contributed by atoms with E-state index < -0.39 is 5.92 Å². The molecule has 8 heteroatoms. The molecule has 4 rings (SSSR count). The van der Waals surface area contributed by atoms with Gasteiger partial charge in [0.05, 0.1) is 23.7 Å². The molecule has 1 aliphatic heterocycles. The Morgan fingerprint density at radius 2 is 2.14 bits per heavy atom. The summed E-state index contributed by atoms with van der Waals surface area (Å²) >= 11 is 7.49. The average molecular weight is 414 g/mol. The molecule has 0 radical (unpaired) electrons. The number of benzene rings is 2. The van der Waals surface area contributed by atoms with E-state index in [9.17, 15) is 9.59 Å². The Kier molecular flexibility index (Phi) is 5.02. The fourth-order valence-electron chi connectivity index (χ4n) is 3.13. The number of halogens is 1. The Morgan fingerprint density at radius 3 is 2.93 bits per heavy atom.